The minimum atomic E-state index is 0.0629. The molecule has 1 N–H and O–H groups in total. The maximum Gasteiger partial charge on any atom is 0.119 e. The van der Waals surface area contributed by atoms with Gasteiger partial charge in [-0.3, -0.25) is 0 Å². The minimum absolute atomic E-state index is 0.0629. The summed E-state index contributed by atoms with van der Waals surface area (Å²) in [5, 5.41) is 8.67. The van der Waals surface area contributed by atoms with Gasteiger partial charge in [0.15, 0.2) is 0 Å². The van der Waals surface area contributed by atoms with Crippen LogP contribution in [0, 0.1) is 0 Å². The molecule has 0 unspecified atom stereocenters. The zero-order valence-corrected chi connectivity index (χ0v) is 9.79. The maximum absolute atomic E-state index is 8.67. The molecule has 0 saturated heterocycles. The fraction of sp³-hybridized carbons (Fsp3) is 0.538. The SMILES string of the molecule is CCc1cc(OCCO)ccc1C(C)C. The summed E-state index contributed by atoms with van der Waals surface area (Å²) in [5.74, 6) is 1.40. The Hall–Kier alpha value is -1.02. The number of aliphatic hydroxyl groups is 1. The first kappa shape index (κ1) is 12.1. The van der Waals surface area contributed by atoms with Crippen molar-refractivity contribution in [1.29, 1.82) is 0 Å². The van der Waals surface area contributed by atoms with Crippen LogP contribution in [0.1, 0.15) is 37.8 Å². The summed E-state index contributed by atoms with van der Waals surface area (Å²) >= 11 is 0. The Morgan fingerprint density at radius 2 is 2.07 bits per heavy atom. The van der Waals surface area contributed by atoms with Crippen molar-refractivity contribution in [3.63, 3.8) is 0 Å². The Bertz CT molecular complexity index is 305. The van der Waals surface area contributed by atoms with Crippen molar-refractivity contribution < 1.29 is 9.84 Å². The molecule has 84 valence electrons. The fourth-order valence-electron chi connectivity index (χ4n) is 1.70. The van der Waals surface area contributed by atoms with Crippen LogP contribution >= 0.6 is 0 Å². The summed E-state index contributed by atoms with van der Waals surface area (Å²) < 4.78 is 5.38. The summed E-state index contributed by atoms with van der Waals surface area (Å²) in [7, 11) is 0. The predicted molar refractivity (Wildman–Crippen MR) is 62.5 cm³/mol. The monoisotopic (exact) mass is 208 g/mol. The highest BCUT2D eigenvalue weighted by molar-refractivity contribution is 5.37. The maximum atomic E-state index is 8.67. The average molecular weight is 208 g/mol. The van der Waals surface area contributed by atoms with E-state index >= 15 is 0 Å². The van der Waals surface area contributed by atoms with Crippen molar-refractivity contribution >= 4 is 0 Å². The molecule has 1 aromatic rings. The van der Waals surface area contributed by atoms with Crippen LogP contribution in [-0.2, 0) is 6.42 Å². The largest absolute Gasteiger partial charge is 0.491 e. The summed E-state index contributed by atoms with van der Waals surface area (Å²) in [5.41, 5.74) is 2.72. The molecule has 0 spiro atoms. The van der Waals surface area contributed by atoms with Crippen molar-refractivity contribution in [3.8, 4) is 5.75 Å². The van der Waals surface area contributed by atoms with E-state index in [9.17, 15) is 0 Å². The standard InChI is InChI=1S/C13H20O2/c1-4-11-9-12(15-8-7-14)5-6-13(11)10(2)3/h5-6,9-10,14H,4,7-8H2,1-3H3. The van der Waals surface area contributed by atoms with E-state index in [1.807, 2.05) is 6.07 Å². The van der Waals surface area contributed by atoms with E-state index in [1.54, 1.807) is 0 Å². The zero-order valence-electron chi connectivity index (χ0n) is 9.79. The number of benzene rings is 1. The van der Waals surface area contributed by atoms with Gasteiger partial charge in [-0.05, 0) is 35.6 Å². The average Bonchev–Trinajstić information content (AvgIpc) is 2.25. The Balaban J connectivity index is 2.87. The van der Waals surface area contributed by atoms with Gasteiger partial charge in [-0.2, -0.15) is 0 Å². The van der Waals surface area contributed by atoms with E-state index in [-0.39, 0.29) is 6.61 Å². The Labute approximate surface area is 91.9 Å². The molecule has 0 heterocycles. The second-order valence-electron chi connectivity index (χ2n) is 3.94. The van der Waals surface area contributed by atoms with Crippen LogP contribution in [0.5, 0.6) is 5.75 Å². The normalized spacial score (nSPS) is 10.7. The number of rotatable bonds is 5. The third kappa shape index (κ3) is 3.24. The lowest BCUT2D eigenvalue weighted by atomic mass is 9.95. The van der Waals surface area contributed by atoms with E-state index in [0.717, 1.165) is 12.2 Å². The number of aliphatic hydroxyl groups excluding tert-OH is 1. The summed E-state index contributed by atoms with van der Waals surface area (Å²) in [4.78, 5) is 0. The van der Waals surface area contributed by atoms with Gasteiger partial charge in [0, 0.05) is 0 Å². The lowest BCUT2D eigenvalue weighted by molar-refractivity contribution is 0.201. The molecule has 0 aliphatic rings. The summed E-state index contributed by atoms with van der Waals surface area (Å²) in [6, 6.07) is 6.17. The molecule has 0 amide bonds. The van der Waals surface area contributed by atoms with Crippen LogP contribution in [0.15, 0.2) is 18.2 Å². The summed E-state index contributed by atoms with van der Waals surface area (Å²) in [6.07, 6.45) is 1.02. The molecule has 0 bridgehead atoms. The smallest absolute Gasteiger partial charge is 0.119 e. The highest BCUT2D eigenvalue weighted by Gasteiger charge is 2.06. The molecule has 2 heteroatoms. The van der Waals surface area contributed by atoms with Crippen LogP contribution < -0.4 is 4.74 Å². The lowest BCUT2D eigenvalue weighted by Gasteiger charge is -2.13. The first-order valence-electron chi connectivity index (χ1n) is 5.55. The summed E-state index contributed by atoms with van der Waals surface area (Å²) in [6.45, 7) is 6.97. The van der Waals surface area contributed by atoms with E-state index in [1.165, 1.54) is 11.1 Å². The van der Waals surface area contributed by atoms with E-state index < -0.39 is 0 Å². The van der Waals surface area contributed by atoms with E-state index in [4.69, 9.17) is 9.84 Å². The minimum Gasteiger partial charge on any atom is -0.491 e. The highest BCUT2D eigenvalue weighted by atomic mass is 16.5. The molecule has 0 radical (unpaired) electrons. The second-order valence-corrected chi connectivity index (χ2v) is 3.94. The lowest BCUT2D eigenvalue weighted by Crippen LogP contribution is -2.03. The van der Waals surface area contributed by atoms with Crippen LogP contribution in [0.25, 0.3) is 0 Å². The topological polar surface area (TPSA) is 29.5 Å². The third-order valence-corrected chi connectivity index (χ3v) is 2.48. The van der Waals surface area contributed by atoms with Crippen LogP contribution in [0.3, 0.4) is 0 Å². The van der Waals surface area contributed by atoms with Gasteiger partial charge < -0.3 is 9.84 Å². The van der Waals surface area contributed by atoms with Crippen LogP contribution in [0.4, 0.5) is 0 Å². The fourth-order valence-corrected chi connectivity index (χ4v) is 1.70. The van der Waals surface area contributed by atoms with Crippen molar-refractivity contribution in [2.45, 2.75) is 33.1 Å². The first-order valence-corrected chi connectivity index (χ1v) is 5.55. The van der Waals surface area contributed by atoms with Crippen molar-refractivity contribution in [3.05, 3.63) is 29.3 Å². The molecule has 0 aliphatic heterocycles. The molecule has 0 saturated carbocycles. The van der Waals surface area contributed by atoms with E-state index in [0.29, 0.717) is 12.5 Å². The molecule has 1 aromatic carbocycles. The van der Waals surface area contributed by atoms with Gasteiger partial charge in [0.2, 0.25) is 0 Å². The molecular formula is C13H20O2. The third-order valence-electron chi connectivity index (χ3n) is 2.48. The number of hydrogen-bond donors (Lipinski definition) is 1. The van der Waals surface area contributed by atoms with Gasteiger partial charge in [-0.25, -0.2) is 0 Å². The van der Waals surface area contributed by atoms with Crippen LogP contribution in [-0.4, -0.2) is 18.3 Å². The quantitative estimate of drug-likeness (QED) is 0.806. The molecule has 2 nitrogen and oxygen atoms in total. The van der Waals surface area contributed by atoms with Gasteiger partial charge in [-0.15, -0.1) is 0 Å². The van der Waals surface area contributed by atoms with Gasteiger partial charge in [-0.1, -0.05) is 26.8 Å². The van der Waals surface area contributed by atoms with Gasteiger partial charge >= 0.3 is 0 Å². The van der Waals surface area contributed by atoms with Crippen LogP contribution in [0.2, 0.25) is 0 Å². The second kappa shape index (κ2) is 5.76. The van der Waals surface area contributed by atoms with E-state index in [2.05, 4.69) is 32.9 Å². The van der Waals surface area contributed by atoms with Crippen molar-refractivity contribution in [2.75, 3.05) is 13.2 Å². The van der Waals surface area contributed by atoms with Gasteiger partial charge in [0.05, 0.1) is 6.61 Å². The molecule has 0 fully saturated rings. The van der Waals surface area contributed by atoms with Crippen molar-refractivity contribution in [1.82, 2.24) is 0 Å². The molecule has 0 aromatic heterocycles. The molecule has 0 atom stereocenters. The number of hydrogen-bond acceptors (Lipinski definition) is 2. The molecular weight excluding hydrogens is 188 g/mol. The predicted octanol–water partition coefficient (Wildman–Crippen LogP) is 2.74. The Morgan fingerprint density at radius 1 is 1.33 bits per heavy atom. The molecule has 15 heavy (non-hydrogen) atoms. The zero-order chi connectivity index (χ0) is 11.3. The first-order chi connectivity index (χ1) is 7.19. The Kier molecular flexibility index (Phi) is 4.63. The molecule has 0 aliphatic carbocycles. The number of ether oxygens (including phenoxy) is 1. The highest BCUT2D eigenvalue weighted by Crippen LogP contribution is 2.24. The Morgan fingerprint density at radius 3 is 2.60 bits per heavy atom. The van der Waals surface area contributed by atoms with Gasteiger partial charge in [0.25, 0.3) is 0 Å². The number of aryl methyl sites for hydroxylation is 1. The van der Waals surface area contributed by atoms with Crippen molar-refractivity contribution in [2.24, 2.45) is 0 Å². The van der Waals surface area contributed by atoms with Gasteiger partial charge in [0.1, 0.15) is 12.4 Å². The molecule has 1 rings (SSSR count).